The van der Waals surface area contributed by atoms with Gasteiger partial charge in [0.1, 0.15) is 0 Å². The van der Waals surface area contributed by atoms with Crippen LogP contribution in [0, 0.1) is 12.3 Å². The maximum Gasteiger partial charge on any atom is 0.251 e. The molecule has 0 radical (unpaired) electrons. The summed E-state index contributed by atoms with van der Waals surface area (Å²) in [6, 6.07) is 7.23. The molecule has 0 aliphatic heterocycles. The van der Waals surface area contributed by atoms with Gasteiger partial charge in [0.25, 0.3) is 5.91 Å². The summed E-state index contributed by atoms with van der Waals surface area (Å²) in [4.78, 5) is 11.8. The van der Waals surface area contributed by atoms with Crippen LogP contribution >= 0.6 is 11.6 Å². The Balaban J connectivity index is 2.69. The fraction of sp³-hybridized carbons (Fsp3) is 0.308. The third-order valence-corrected chi connectivity index (χ3v) is 2.45. The Bertz CT molecular complexity index is 409. The van der Waals surface area contributed by atoms with Gasteiger partial charge in [-0.2, -0.15) is 0 Å². The highest BCUT2D eigenvalue weighted by Gasteiger charge is 2.08. The SMILES string of the molecule is C#CCC(C)NC(=O)c1cccc(CCl)c1. The van der Waals surface area contributed by atoms with Gasteiger partial charge >= 0.3 is 0 Å². The summed E-state index contributed by atoms with van der Waals surface area (Å²) in [5, 5.41) is 2.82. The molecule has 1 N–H and O–H groups in total. The summed E-state index contributed by atoms with van der Waals surface area (Å²) in [5.41, 5.74) is 1.54. The molecule has 84 valence electrons. The maximum atomic E-state index is 11.8. The summed E-state index contributed by atoms with van der Waals surface area (Å²) >= 11 is 5.70. The fourth-order valence-electron chi connectivity index (χ4n) is 1.33. The van der Waals surface area contributed by atoms with E-state index in [4.69, 9.17) is 18.0 Å². The second kappa shape index (κ2) is 6.19. The number of benzene rings is 1. The minimum atomic E-state index is -0.116. The van der Waals surface area contributed by atoms with Crippen LogP contribution in [0.1, 0.15) is 29.3 Å². The lowest BCUT2D eigenvalue weighted by atomic mass is 10.1. The van der Waals surface area contributed by atoms with Crippen molar-refractivity contribution >= 4 is 17.5 Å². The van der Waals surface area contributed by atoms with Gasteiger partial charge < -0.3 is 5.32 Å². The number of nitrogens with one attached hydrogen (secondary N) is 1. The first-order valence-electron chi connectivity index (χ1n) is 5.06. The Labute approximate surface area is 101 Å². The molecule has 16 heavy (non-hydrogen) atoms. The van der Waals surface area contributed by atoms with E-state index in [1.165, 1.54) is 0 Å². The maximum absolute atomic E-state index is 11.8. The van der Waals surface area contributed by atoms with Crippen LogP contribution in [-0.4, -0.2) is 11.9 Å². The van der Waals surface area contributed by atoms with Crippen molar-refractivity contribution in [3.05, 3.63) is 35.4 Å². The van der Waals surface area contributed by atoms with Gasteiger partial charge in [-0.3, -0.25) is 4.79 Å². The van der Waals surface area contributed by atoms with Crippen LogP contribution in [0.2, 0.25) is 0 Å². The van der Waals surface area contributed by atoms with Crippen LogP contribution in [-0.2, 0) is 5.88 Å². The smallest absolute Gasteiger partial charge is 0.251 e. The minimum absolute atomic E-state index is 0.0165. The molecule has 0 aromatic heterocycles. The molecule has 0 heterocycles. The van der Waals surface area contributed by atoms with Crippen molar-refractivity contribution in [1.29, 1.82) is 0 Å². The summed E-state index contributed by atoms with van der Waals surface area (Å²) in [7, 11) is 0. The summed E-state index contributed by atoms with van der Waals surface area (Å²) in [6.45, 7) is 1.88. The van der Waals surface area contributed by atoms with E-state index in [-0.39, 0.29) is 11.9 Å². The number of terminal acetylenes is 1. The van der Waals surface area contributed by atoms with Crippen LogP contribution in [0.5, 0.6) is 0 Å². The van der Waals surface area contributed by atoms with Gasteiger partial charge in [0.05, 0.1) is 0 Å². The lowest BCUT2D eigenvalue weighted by Crippen LogP contribution is -2.32. The Morgan fingerprint density at radius 1 is 1.62 bits per heavy atom. The Morgan fingerprint density at radius 2 is 2.38 bits per heavy atom. The number of amides is 1. The summed E-state index contributed by atoms with van der Waals surface area (Å²) in [6.07, 6.45) is 5.70. The zero-order valence-electron chi connectivity index (χ0n) is 9.16. The third kappa shape index (κ3) is 3.60. The van der Waals surface area contributed by atoms with E-state index < -0.39 is 0 Å². The van der Waals surface area contributed by atoms with Gasteiger partial charge in [-0.1, -0.05) is 12.1 Å². The first-order valence-corrected chi connectivity index (χ1v) is 5.60. The molecule has 1 amide bonds. The first kappa shape index (κ1) is 12.6. The van der Waals surface area contributed by atoms with Crippen LogP contribution in [0.15, 0.2) is 24.3 Å². The zero-order valence-corrected chi connectivity index (χ0v) is 9.92. The molecular formula is C13H14ClNO. The van der Waals surface area contributed by atoms with Crippen molar-refractivity contribution in [2.45, 2.75) is 25.3 Å². The summed E-state index contributed by atoms with van der Waals surface area (Å²) < 4.78 is 0. The van der Waals surface area contributed by atoms with Gasteiger partial charge in [-0.25, -0.2) is 0 Å². The highest BCUT2D eigenvalue weighted by Crippen LogP contribution is 2.08. The van der Waals surface area contributed by atoms with Crippen molar-refractivity contribution in [2.75, 3.05) is 0 Å². The van der Waals surface area contributed by atoms with Crippen LogP contribution in [0.3, 0.4) is 0 Å². The number of carbonyl (C=O) groups is 1. The average molecular weight is 236 g/mol. The van der Waals surface area contributed by atoms with Crippen molar-refractivity contribution < 1.29 is 4.79 Å². The quantitative estimate of drug-likeness (QED) is 0.631. The van der Waals surface area contributed by atoms with E-state index >= 15 is 0 Å². The number of rotatable bonds is 4. The molecule has 1 unspecified atom stereocenters. The number of hydrogen-bond acceptors (Lipinski definition) is 1. The highest BCUT2D eigenvalue weighted by atomic mass is 35.5. The fourth-order valence-corrected chi connectivity index (χ4v) is 1.50. The molecule has 1 aromatic rings. The predicted molar refractivity (Wildman–Crippen MR) is 66.4 cm³/mol. The van der Waals surface area contributed by atoms with Crippen LogP contribution in [0.25, 0.3) is 0 Å². The predicted octanol–water partition coefficient (Wildman–Crippen LogP) is 2.57. The Morgan fingerprint density at radius 3 is 3.00 bits per heavy atom. The van der Waals surface area contributed by atoms with E-state index in [9.17, 15) is 4.79 Å². The van der Waals surface area contributed by atoms with Crippen LogP contribution in [0.4, 0.5) is 0 Å². The molecule has 2 nitrogen and oxygen atoms in total. The van der Waals surface area contributed by atoms with Gasteiger partial charge in [-0.15, -0.1) is 23.9 Å². The second-order valence-electron chi connectivity index (χ2n) is 3.62. The number of carbonyl (C=O) groups excluding carboxylic acids is 1. The normalized spacial score (nSPS) is 11.6. The van der Waals surface area contributed by atoms with E-state index in [1.54, 1.807) is 12.1 Å². The molecule has 1 atom stereocenters. The molecule has 0 saturated carbocycles. The number of halogens is 1. The molecule has 0 spiro atoms. The molecular weight excluding hydrogens is 222 g/mol. The Kier molecular flexibility index (Phi) is 4.88. The van der Waals surface area contributed by atoms with Gasteiger partial charge in [-0.05, 0) is 24.6 Å². The first-order chi connectivity index (χ1) is 7.67. The molecule has 0 aliphatic carbocycles. The van der Waals surface area contributed by atoms with Crippen molar-refractivity contribution in [1.82, 2.24) is 5.32 Å². The molecule has 0 fully saturated rings. The molecule has 0 bridgehead atoms. The second-order valence-corrected chi connectivity index (χ2v) is 3.88. The summed E-state index contributed by atoms with van der Waals surface area (Å²) in [5.74, 6) is 2.80. The van der Waals surface area contributed by atoms with E-state index in [1.807, 2.05) is 19.1 Å². The number of hydrogen-bond donors (Lipinski definition) is 1. The minimum Gasteiger partial charge on any atom is -0.349 e. The van der Waals surface area contributed by atoms with Crippen molar-refractivity contribution in [3.8, 4) is 12.3 Å². The van der Waals surface area contributed by atoms with Gasteiger partial charge in [0, 0.05) is 23.9 Å². The standard InChI is InChI=1S/C13H14ClNO/c1-3-5-10(2)15-13(16)12-7-4-6-11(8-12)9-14/h1,4,6-8,10H,5,9H2,2H3,(H,15,16). The van der Waals surface area contributed by atoms with Crippen LogP contribution < -0.4 is 5.32 Å². The molecule has 0 aliphatic rings. The third-order valence-electron chi connectivity index (χ3n) is 2.15. The van der Waals surface area contributed by atoms with Crippen molar-refractivity contribution in [3.63, 3.8) is 0 Å². The monoisotopic (exact) mass is 235 g/mol. The largest absolute Gasteiger partial charge is 0.349 e. The van der Waals surface area contributed by atoms with Gasteiger partial charge in [0.2, 0.25) is 0 Å². The highest BCUT2D eigenvalue weighted by molar-refractivity contribution is 6.17. The van der Waals surface area contributed by atoms with Crippen molar-refractivity contribution in [2.24, 2.45) is 0 Å². The number of alkyl halides is 1. The molecule has 1 aromatic carbocycles. The average Bonchev–Trinajstić information content (AvgIpc) is 2.29. The molecule has 3 heteroatoms. The topological polar surface area (TPSA) is 29.1 Å². The van der Waals surface area contributed by atoms with E-state index in [0.29, 0.717) is 17.9 Å². The van der Waals surface area contributed by atoms with E-state index in [2.05, 4.69) is 11.2 Å². The molecule has 0 saturated heterocycles. The van der Waals surface area contributed by atoms with Gasteiger partial charge in [0.15, 0.2) is 0 Å². The lowest BCUT2D eigenvalue weighted by molar-refractivity contribution is 0.0941. The zero-order chi connectivity index (χ0) is 12.0. The van der Waals surface area contributed by atoms with E-state index in [0.717, 1.165) is 5.56 Å². The Hall–Kier alpha value is -1.46. The lowest BCUT2D eigenvalue weighted by Gasteiger charge is -2.11. The molecule has 1 rings (SSSR count).